The smallest absolute Gasteiger partial charge is 0.0620 e. The van der Waals surface area contributed by atoms with Gasteiger partial charge in [-0.1, -0.05) is 4.49 Å². The molecule has 0 aliphatic carbocycles. The average Bonchev–Trinajstić information content (AvgIpc) is 1.76. The van der Waals surface area contributed by atoms with Crippen molar-refractivity contribution >= 4 is 35.5 Å². The van der Waals surface area contributed by atoms with E-state index in [1.807, 2.05) is 5.38 Å². The largest absolute Gasteiger partial charge is 0.147 e. The molecule has 0 N–H and O–H groups in total. The molecule has 0 bridgehead atoms. The molecule has 0 amide bonds. The summed E-state index contributed by atoms with van der Waals surface area (Å²) in [6, 6.07) is 0. The van der Waals surface area contributed by atoms with E-state index in [2.05, 4.69) is 9.59 Å². The topological polar surface area (TPSA) is 25.8 Å². The zero-order valence-corrected chi connectivity index (χ0v) is 6.01. The maximum absolute atomic E-state index is 3.51. The van der Waals surface area contributed by atoms with Gasteiger partial charge < -0.3 is 0 Å². The summed E-state index contributed by atoms with van der Waals surface area (Å²) in [5, 5.41) is 5.31. The Balaban J connectivity index is 0.000000250. The van der Waals surface area contributed by atoms with Crippen LogP contribution < -0.4 is 0 Å². The fourth-order valence-electron chi connectivity index (χ4n) is 0.136. The first kappa shape index (κ1) is 6.29. The van der Waals surface area contributed by atoms with Crippen LogP contribution in [0.2, 0.25) is 0 Å². The Hall–Kier alpha value is 0.290. The molecule has 0 saturated carbocycles. The third-order valence-corrected chi connectivity index (χ3v) is 0.715. The van der Waals surface area contributed by atoms with Gasteiger partial charge in [0.1, 0.15) is 0 Å². The minimum absolute atomic E-state index is 0. The molecule has 0 radical (unpaired) electrons. The first-order valence-electron chi connectivity index (χ1n) is 1.21. The van der Waals surface area contributed by atoms with Crippen LogP contribution in [0.1, 0.15) is 0 Å². The lowest BCUT2D eigenvalue weighted by atomic mass is 11.1. The maximum Gasteiger partial charge on any atom is 0.0620 e. The molecule has 1 rings (SSSR count). The summed E-state index contributed by atoms with van der Waals surface area (Å²) >= 11 is 1.35. The molecule has 6 heavy (non-hydrogen) atoms. The summed E-state index contributed by atoms with van der Waals surface area (Å²) < 4.78 is 3.51. The Morgan fingerprint density at radius 2 is 2.33 bits per heavy atom. The lowest BCUT2D eigenvalue weighted by molar-refractivity contribution is 1.16. The molecule has 1 heterocycles. The first-order valence-corrected chi connectivity index (χ1v) is 2.05. The summed E-state index contributed by atoms with van der Waals surface area (Å²) in [5.41, 5.74) is 0. The molecule has 0 atom stereocenters. The van der Waals surface area contributed by atoms with Gasteiger partial charge in [-0.25, -0.2) is 0 Å². The molecule has 0 aromatic carbocycles. The van der Waals surface area contributed by atoms with E-state index in [1.54, 1.807) is 6.20 Å². The van der Waals surface area contributed by atoms with Gasteiger partial charge in [-0.3, -0.25) is 0 Å². The summed E-state index contributed by atoms with van der Waals surface area (Å²) in [6.45, 7) is 0. The quantitative estimate of drug-likeness (QED) is 0.605. The summed E-state index contributed by atoms with van der Waals surface area (Å²) in [6.07, 6.45) is 1.66. The summed E-state index contributed by atoms with van der Waals surface area (Å²) in [4.78, 5) is 0. The standard InChI is InChI=1S/C2H2N2S.HI/c1-2-5-4-3-1;/h1-2H;1H. The minimum Gasteiger partial charge on any atom is -0.147 e. The van der Waals surface area contributed by atoms with Gasteiger partial charge in [0.15, 0.2) is 0 Å². The molecule has 2 nitrogen and oxygen atoms in total. The third-order valence-electron chi connectivity index (χ3n) is 0.283. The number of rotatable bonds is 0. The van der Waals surface area contributed by atoms with Crippen LogP contribution in [0.5, 0.6) is 0 Å². The second kappa shape index (κ2) is 3.48. The van der Waals surface area contributed by atoms with Crippen LogP contribution in [0, 0.1) is 0 Å². The molecule has 0 aliphatic heterocycles. The normalized spacial score (nSPS) is 6.67. The number of hydrogen-bond donors (Lipinski definition) is 0. The number of halogens is 1. The van der Waals surface area contributed by atoms with E-state index in [-0.39, 0.29) is 24.0 Å². The highest BCUT2D eigenvalue weighted by Crippen LogP contribution is 1.78. The Morgan fingerprint density at radius 1 is 1.50 bits per heavy atom. The van der Waals surface area contributed by atoms with Crippen molar-refractivity contribution in [2.45, 2.75) is 0 Å². The van der Waals surface area contributed by atoms with Crippen molar-refractivity contribution in [3.8, 4) is 0 Å². The highest BCUT2D eigenvalue weighted by atomic mass is 127. The maximum atomic E-state index is 3.51. The SMILES string of the molecule is I.c1csnn1. The number of aromatic nitrogens is 2. The van der Waals surface area contributed by atoms with Crippen molar-refractivity contribution in [3.05, 3.63) is 11.6 Å². The van der Waals surface area contributed by atoms with Crippen LogP contribution in [0.3, 0.4) is 0 Å². The second-order valence-corrected chi connectivity index (χ2v) is 1.23. The summed E-state index contributed by atoms with van der Waals surface area (Å²) in [7, 11) is 0. The number of hydrogen-bond acceptors (Lipinski definition) is 3. The third kappa shape index (κ3) is 1.66. The summed E-state index contributed by atoms with van der Waals surface area (Å²) in [5.74, 6) is 0. The van der Waals surface area contributed by atoms with Crippen molar-refractivity contribution in [2.75, 3.05) is 0 Å². The molecular weight excluding hydrogens is 211 g/mol. The lowest BCUT2D eigenvalue weighted by Crippen LogP contribution is -1.51. The Morgan fingerprint density at radius 3 is 2.50 bits per heavy atom. The van der Waals surface area contributed by atoms with Gasteiger partial charge in [0.2, 0.25) is 0 Å². The molecule has 1 aromatic rings. The van der Waals surface area contributed by atoms with Crippen LogP contribution in [0.4, 0.5) is 0 Å². The Bertz CT molecular complexity index is 68.0. The molecule has 0 unspecified atom stereocenters. The predicted octanol–water partition coefficient (Wildman–Crippen LogP) is 1.16. The molecular formula is C2H3IN2S. The van der Waals surface area contributed by atoms with E-state index in [9.17, 15) is 0 Å². The van der Waals surface area contributed by atoms with Crippen LogP contribution in [-0.2, 0) is 0 Å². The van der Waals surface area contributed by atoms with Crippen LogP contribution in [0.15, 0.2) is 11.6 Å². The fourth-order valence-corrected chi connectivity index (χ4v) is 0.408. The molecule has 0 fully saturated rings. The van der Waals surface area contributed by atoms with Crippen LogP contribution in [0.25, 0.3) is 0 Å². The molecule has 0 saturated heterocycles. The van der Waals surface area contributed by atoms with Crippen LogP contribution in [-0.4, -0.2) is 9.59 Å². The second-order valence-electron chi connectivity index (χ2n) is 0.588. The van der Waals surface area contributed by atoms with E-state index < -0.39 is 0 Å². The minimum atomic E-state index is 0. The van der Waals surface area contributed by atoms with E-state index in [0.29, 0.717) is 0 Å². The Labute approximate surface area is 56.8 Å². The van der Waals surface area contributed by atoms with Gasteiger partial charge >= 0.3 is 0 Å². The number of nitrogens with zero attached hydrogens (tertiary/aromatic N) is 2. The molecule has 0 spiro atoms. The highest BCUT2D eigenvalue weighted by Gasteiger charge is 1.61. The van der Waals surface area contributed by atoms with Crippen molar-refractivity contribution in [1.29, 1.82) is 0 Å². The molecule has 0 aliphatic rings. The van der Waals surface area contributed by atoms with Gasteiger partial charge in [-0.05, 0) is 11.5 Å². The van der Waals surface area contributed by atoms with E-state index in [1.165, 1.54) is 11.5 Å². The van der Waals surface area contributed by atoms with Gasteiger partial charge in [-0.15, -0.1) is 29.1 Å². The van der Waals surface area contributed by atoms with Crippen molar-refractivity contribution in [2.24, 2.45) is 0 Å². The monoisotopic (exact) mass is 214 g/mol. The van der Waals surface area contributed by atoms with Gasteiger partial charge in [0.25, 0.3) is 0 Å². The average molecular weight is 214 g/mol. The van der Waals surface area contributed by atoms with E-state index >= 15 is 0 Å². The first-order chi connectivity index (χ1) is 2.50. The highest BCUT2D eigenvalue weighted by molar-refractivity contribution is 14.0. The van der Waals surface area contributed by atoms with Gasteiger partial charge in [-0.2, -0.15) is 0 Å². The van der Waals surface area contributed by atoms with Crippen molar-refractivity contribution in [1.82, 2.24) is 9.59 Å². The van der Waals surface area contributed by atoms with Gasteiger partial charge in [0, 0.05) is 5.38 Å². The zero-order chi connectivity index (χ0) is 3.54. The Kier molecular flexibility index (Phi) is 3.65. The lowest BCUT2D eigenvalue weighted by Gasteiger charge is -1.40. The molecule has 1 aromatic heterocycles. The zero-order valence-electron chi connectivity index (χ0n) is 2.87. The fraction of sp³-hybridized carbons (Fsp3) is 0. The van der Waals surface area contributed by atoms with Crippen molar-refractivity contribution in [3.63, 3.8) is 0 Å². The molecule has 34 valence electrons. The van der Waals surface area contributed by atoms with E-state index in [0.717, 1.165) is 0 Å². The predicted molar refractivity (Wildman–Crippen MR) is 35.3 cm³/mol. The molecule has 4 heteroatoms. The van der Waals surface area contributed by atoms with Crippen molar-refractivity contribution < 1.29 is 0 Å². The van der Waals surface area contributed by atoms with E-state index in [4.69, 9.17) is 0 Å². The van der Waals surface area contributed by atoms with Crippen LogP contribution >= 0.6 is 35.5 Å². The van der Waals surface area contributed by atoms with Gasteiger partial charge in [0.05, 0.1) is 6.20 Å².